The van der Waals surface area contributed by atoms with Crippen molar-refractivity contribution in [1.82, 2.24) is 15.5 Å². The second-order valence-corrected chi connectivity index (χ2v) is 9.92. The first-order chi connectivity index (χ1) is 16.4. The lowest BCUT2D eigenvalue weighted by Crippen LogP contribution is -2.57. The van der Waals surface area contributed by atoms with E-state index in [9.17, 15) is 29.4 Å². The number of benzene rings is 1. The molecule has 1 aliphatic rings. The third-order valence-electron chi connectivity index (χ3n) is 6.17. The van der Waals surface area contributed by atoms with Gasteiger partial charge in [0, 0.05) is 13.0 Å². The smallest absolute Gasteiger partial charge is 0.326 e. The molecule has 194 valence electrons. The zero-order valence-corrected chi connectivity index (χ0v) is 20.9. The minimum Gasteiger partial charge on any atom is -0.508 e. The highest BCUT2D eigenvalue weighted by Gasteiger charge is 2.39. The summed E-state index contributed by atoms with van der Waals surface area (Å²) in [5.41, 5.74) is 6.59. The normalized spacial score (nSPS) is 18.3. The van der Waals surface area contributed by atoms with Crippen LogP contribution in [0.25, 0.3) is 0 Å². The number of rotatable bonds is 11. The molecular formula is C25H38N4O6. The van der Waals surface area contributed by atoms with Gasteiger partial charge < -0.3 is 31.5 Å². The van der Waals surface area contributed by atoms with Gasteiger partial charge >= 0.3 is 5.97 Å². The maximum Gasteiger partial charge on any atom is 0.326 e. The summed E-state index contributed by atoms with van der Waals surface area (Å²) in [4.78, 5) is 52.3. The fourth-order valence-corrected chi connectivity index (χ4v) is 4.10. The van der Waals surface area contributed by atoms with Crippen molar-refractivity contribution in [3.8, 4) is 5.75 Å². The van der Waals surface area contributed by atoms with Gasteiger partial charge in [-0.25, -0.2) is 4.79 Å². The van der Waals surface area contributed by atoms with Gasteiger partial charge in [-0.1, -0.05) is 39.8 Å². The van der Waals surface area contributed by atoms with Crippen LogP contribution in [0.3, 0.4) is 0 Å². The summed E-state index contributed by atoms with van der Waals surface area (Å²) < 4.78 is 0. The molecule has 4 unspecified atom stereocenters. The van der Waals surface area contributed by atoms with Gasteiger partial charge in [0.05, 0.1) is 6.04 Å². The van der Waals surface area contributed by atoms with Gasteiger partial charge in [0.15, 0.2) is 0 Å². The number of hydrogen-bond donors (Lipinski definition) is 5. The van der Waals surface area contributed by atoms with Crippen molar-refractivity contribution in [3.05, 3.63) is 29.8 Å². The van der Waals surface area contributed by atoms with Gasteiger partial charge in [-0.15, -0.1) is 0 Å². The van der Waals surface area contributed by atoms with Crippen LogP contribution in [0.5, 0.6) is 5.75 Å². The van der Waals surface area contributed by atoms with Crippen molar-refractivity contribution in [2.45, 2.75) is 77.5 Å². The molecule has 0 aromatic heterocycles. The van der Waals surface area contributed by atoms with E-state index in [1.54, 1.807) is 12.1 Å². The van der Waals surface area contributed by atoms with Crippen LogP contribution in [0.2, 0.25) is 0 Å². The van der Waals surface area contributed by atoms with E-state index in [2.05, 4.69) is 10.6 Å². The second-order valence-electron chi connectivity index (χ2n) is 9.92. The molecule has 0 spiro atoms. The summed E-state index contributed by atoms with van der Waals surface area (Å²) in [7, 11) is 0. The number of carbonyl (C=O) groups is 4. The van der Waals surface area contributed by atoms with E-state index in [1.165, 1.54) is 17.0 Å². The molecule has 35 heavy (non-hydrogen) atoms. The molecule has 4 atom stereocenters. The number of likely N-dealkylation sites (tertiary alicyclic amines) is 1. The van der Waals surface area contributed by atoms with Crippen LogP contribution in [0, 0.1) is 11.8 Å². The molecule has 1 aliphatic heterocycles. The Balaban J connectivity index is 2.13. The topological polar surface area (TPSA) is 162 Å². The molecule has 1 heterocycles. The number of carboxylic acids is 1. The quantitative estimate of drug-likeness (QED) is 0.309. The van der Waals surface area contributed by atoms with Crippen LogP contribution in [-0.4, -0.2) is 69.5 Å². The van der Waals surface area contributed by atoms with E-state index in [0.29, 0.717) is 31.4 Å². The molecule has 10 heteroatoms. The number of hydrogen-bond acceptors (Lipinski definition) is 6. The zero-order chi connectivity index (χ0) is 26.3. The van der Waals surface area contributed by atoms with Gasteiger partial charge in [-0.05, 0) is 48.8 Å². The number of nitrogens with two attached hydrogens (primary N) is 1. The standard InChI is InChI=1S/C25H38N4O6/c1-14(2)12-18(27-23(32)21(26)15(3)4)24(33)29-11-5-6-20(29)22(31)28-19(25(34)35)13-16-7-9-17(30)10-8-16/h7-10,14-15,18-21,30H,5-6,11-13,26H2,1-4H3,(H,27,32)(H,28,31)(H,34,35). The fourth-order valence-electron chi connectivity index (χ4n) is 4.10. The number of aliphatic carboxylic acids is 1. The predicted octanol–water partition coefficient (Wildman–Crippen LogP) is 1.01. The molecule has 1 saturated heterocycles. The minimum absolute atomic E-state index is 0.0289. The maximum absolute atomic E-state index is 13.4. The molecule has 0 bridgehead atoms. The number of phenols is 1. The summed E-state index contributed by atoms with van der Waals surface area (Å²) >= 11 is 0. The third-order valence-corrected chi connectivity index (χ3v) is 6.17. The number of nitrogens with zero attached hydrogens (tertiary/aromatic N) is 1. The Hall–Kier alpha value is -3.14. The zero-order valence-electron chi connectivity index (χ0n) is 20.9. The molecule has 3 amide bonds. The number of carbonyl (C=O) groups excluding carboxylic acids is 3. The van der Waals surface area contributed by atoms with Crippen molar-refractivity contribution in [3.63, 3.8) is 0 Å². The molecule has 0 radical (unpaired) electrons. The summed E-state index contributed by atoms with van der Waals surface area (Å²) in [5, 5.41) is 24.4. The van der Waals surface area contributed by atoms with Crippen LogP contribution >= 0.6 is 0 Å². The van der Waals surface area contributed by atoms with Crippen molar-refractivity contribution < 1.29 is 29.4 Å². The Labute approximate surface area is 206 Å². The third kappa shape index (κ3) is 7.95. The monoisotopic (exact) mass is 490 g/mol. The molecule has 2 rings (SSSR count). The van der Waals surface area contributed by atoms with Gasteiger partial charge in [0.2, 0.25) is 17.7 Å². The first kappa shape index (κ1) is 28.1. The lowest BCUT2D eigenvalue weighted by Gasteiger charge is -2.31. The molecular weight excluding hydrogens is 452 g/mol. The number of carboxylic acid groups (broad SMARTS) is 1. The molecule has 0 aliphatic carbocycles. The SMILES string of the molecule is CC(C)CC(NC(=O)C(N)C(C)C)C(=O)N1CCCC1C(=O)NC(Cc1ccc(O)cc1)C(=O)O. The highest BCUT2D eigenvalue weighted by atomic mass is 16.4. The maximum atomic E-state index is 13.4. The number of nitrogens with one attached hydrogen (secondary N) is 2. The average Bonchev–Trinajstić information content (AvgIpc) is 3.28. The summed E-state index contributed by atoms with van der Waals surface area (Å²) in [6.07, 6.45) is 1.41. The minimum atomic E-state index is -1.20. The van der Waals surface area contributed by atoms with E-state index in [4.69, 9.17) is 5.73 Å². The fraction of sp³-hybridized carbons (Fsp3) is 0.600. The lowest BCUT2D eigenvalue weighted by atomic mass is 9.99. The van der Waals surface area contributed by atoms with E-state index in [-0.39, 0.29) is 29.9 Å². The van der Waals surface area contributed by atoms with Gasteiger partial charge in [0.1, 0.15) is 23.9 Å². The lowest BCUT2D eigenvalue weighted by molar-refractivity contribution is -0.145. The van der Waals surface area contributed by atoms with Crippen LogP contribution < -0.4 is 16.4 Å². The average molecular weight is 491 g/mol. The van der Waals surface area contributed by atoms with Crippen LogP contribution in [0.4, 0.5) is 0 Å². The summed E-state index contributed by atoms with van der Waals surface area (Å²) in [6, 6.07) is 2.46. The molecule has 1 aromatic rings. The number of phenolic OH excluding ortho intramolecular Hbond substituents is 1. The van der Waals surface area contributed by atoms with Crippen molar-refractivity contribution >= 4 is 23.7 Å². The van der Waals surface area contributed by atoms with Crippen LogP contribution in [0.15, 0.2) is 24.3 Å². The second kappa shape index (κ2) is 12.5. The van der Waals surface area contributed by atoms with E-state index < -0.39 is 42.0 Å². The van der Waals surface area contributed by atoms with Gasteiger partial charge in [-0.3, -0.25) is 14.4 Å². The number of amides is 3. The summed E-state index contributed by atoms with van der Waals surface area (Å²) in [6.45, 7) is 7.85. The Morgan fingerprint density at radius 3 is 2.23 bits per heavy atom. The Kier molecular flexibility index (Phi) is 10.1. The first-order valence-electron chi connectivity index (χ1n) is 12.1. The van der Waals surface area contributed by atoms with E-state index in [1.807, 2.05) is 27.7 Å². The van der Waals surface area contributed by atoms with Crippen molar-refractivity contribution in [2.24, 2.45) is 17.6 Å². The largest absolute Gasteiger partial charge is 0.508 e. The van der Waals surface area contributed by atoms with Crippen molar-refractivity contribution in [1.29, 1.82) is 0 Å². The Morgan fingerprint density at radius 1 is 1.06 bits per heavy atom. The van der Waals surface area contributed by atoms with Gasteiger partial charge in [-0.2, -0.15) is 0 Å². The van der Waals surface area contributed by atoms with Crippen LogP contribution in [-0.2, 0) is 25.6 Å². The molecule has 0 saturated carbocycles. The molecule has 6 N–H and O–H groups in total. The van der Waals surface area contributed by atoms with E-state index >= 15 is 0 Å². The van der Waals surface area contributed by atoms with Crippen LogP contribution in [0.1, 0.15) is 52.5 Å². The first-order valence-corrected chi connectivity index (χ1v) is 12.1. The predicted molar refractivity (Wildman–Crippen MR) is 130 cm³/mol. The Morgan fingerprint density at radius 2 is 1.69 bits per heavy atom. The van der Waals surface area contributed by atoms with Gasteiger partial charge in [0.25, 0.3) is 0 Å². The highest BCUT2D eigenvalue weighted by molar-refractivity contribution is 5.94. The molecule has 1 fully saturated rings. The molecule has 10 nitrogen and oxygen atoms in total. The summed E-state index contributed by atoms with van der Waals surface area (Å²) in [5.74, 6) is -2.47. The highest BCUT2D eigenvalue weighted by Crippen LogP contribution is 2.21. The molecule has 1 aromatic carbocycles. The Bertz CT molecular complexity index is 902. The number of aromatic hydroxyl groups is 1. The van der Waals surface area contributed by atoms with Crippen molar-refractivity contribution in [2.75, 3.05) is 6.54 Å². The van der Waals surface area contributed by atoms with E-state index in [0.717, 1.165) is 0 Å².